The highest BCUT2D eigenvalue weighted by Crippen LogP contribution is 2.55. The number of thioether (sulfide) groups is 1. The summed E-state index contributed by atoms with van der Waals surface area (Å²) in [4.78, 5) is -1.06. The number of β-amino-alcohol motifs (C(OH)–C–C–N with tert-alkyl or cyclic N) is 1. The van der Waals surface area contributed by atoms with Crippen molar-refractivity contribution in [3.8, 4) is 0 Å². The van der Waals surface area contributed by atoms with Gasteiger partial charge in [0.05, 0.1) is 0 Å². The largest absolute Gasteiger partial charge is 0.461 e. The highest BCUT2D eigenvalue weighted by atomic mass is 32.2. The summed E-state index contributed by atoms with van der Waals surface area (Å²) >= 11 is 0.916. The number of hydrogen-bond acceptors (Lipinski definition) is 3. The fourth-order valence-electron chi connectivity index (χ4n) is 2.81. The molecular weight excluding hydrogens is 311 g/mol. The van der Waals surface area contributed by atoms with Crippen molar-refractivity contribution < 1.29 is 18.3 Å². The van der Waals surface area contributed by atoms with E-state index in [-0.39, 0.29) is 0 Å². The van der Waals surface area contributed by atoms with Crippen LogP contribution in [0.1, 0.15) is 11.1 Å². The molecule has 1 aliphatic rings. The van der Waals surface area contributed by atoms with Crippen LogP contribution in [0.5, 0.6) is 0 Å². The smallest absolute Gasteiger partial charge is 0.381 e. The van der Waals surface area contributed by atoms with Crippen molar-refractivity contribution in [1.29, 1.82) is 0 Å². The quantitative estimate of drug-likeness (QED) is 0.850. The van der Waals surface area contributed by atoms with Gasteiger partial charge in [0.1, 0.15) is 10.3 Å². The first-order chi connectivity index (χ1) is 10.4. The molecule has 1 saturated heterocycles. The summed E-state index contributed by atoms with van der Waals surface area (Å²) in [6.07, 6.45) is -4.55. The van der Waals surface area contributed by atoms with E-state index < -0.39 is 23.2 Å². The van der Waals surface area contributed by atoms with E-state index in [0.29, 0.717) is 16.0 Å². The molecule has 1 N–H and O–H groups in total. The SMILES string of the molecule is OC1CN(C(F)(F)F)C(c2ccccc2)(c2ccccc2)S1. The first kappa shape index (κ1) is 15.4. The van der Waals surface area contributed by atoms with Gasteiger partial charge < -0.3 is 5.11 Å². The molecule has 2 nitrogen and oxygen atoms in total. The van der Waals surface area contributed by atoms with Crippen molar-refractivity contribution in [3.05, 3.63) is 71.8 Å². The Hall–Kier alpha value is -1.50. The number of nitrogens with zero attached hydrogens (tertiary/aromatic N) is 1. The van der Waals surface area contributed by atoms with E-state index in [9.17, 15) is 18.3 Å². The van der Waals surface area contributed by atoms with E-state index in [2.05, 4.69) is 0 Å². The molecule has 22 heavy (non-hydrogen) atoms. The number of hydrogen-bond donors (Lipinski definition) is 1. The molecule has 116 valence electrons. The van der Waals surface area contributed by atoms with Gasteiger partial charge in [-0.2, -0.15) is 18.1 Å². The molecule has 0 spiro atoms. The second-order valence-electron chi connectivity index (χ2n) is 5.03. The molecular formula is C16H14F3NOS. The Morgan fingerprint density at radius 1 is 0.955 bits per heavy atom. The topological polar surface area (TPSA) is 23.5 Å². The van der Waals surface area contributed by atoms with Crippen LogP contribution >= 0.6 is 11.8 Å². The number of aliphatic hydroxyl groups excluding tert-OH is 1. The number of rotatable bonds is 2. The molecule has 2 aromatic rings. The van der Waals surface area contributed by atoms with E-state index in [1.165, 1.54) is 0 Å². The number of benzene rings is 2. The number of aliphatic hydroxyl groups is 1. The molecule has 2 aromatic carbocycles. The standard InChI is InChI=1S/C16H14F3NOS/c17-16(18,19)20-11-14(21)22-15(20,12-7-3-1-4-8-12)13-9-5-2-6-10-13/h1-10,14,21H,11H2. The van der Waals surface area contributed by atoms with Gasteiger partial charge >= 0.3 is 6.30 Å². The van der Waals surface area contributed by atoms with Crippen LogP contribution in [0.25, 0.3) is 0 Å². The molecule has 0 bridgehead atoms. The van der Waals surface area contributed by atoms with Crippen LogP contribution in [-0.4, -0.2) is 28.3 Å². The molecule has 0 aliphatic carbocycles. The summed E-state index contributed by atoms with van der Waals surface area (Å²) in [5, 5.41) is 9.94. The molecule has 6 heteroatoms. The predicted octanol–water partition coefficient (Wildman–Crippen LogP) is 3.77. The zero-order chi connectivity index (χ0) is 15.8. The molecule has 1 fully saturated rings. The normalized spacial score (nSPS) is 21.9. The van der Waals surface area contributed by atoms with Gasteiger partial charge in [-0.15, -0.1) is 0 Å². The molecule has 1 unspecified atom stereocenters. The van der Waals surface area contributed by atoms with E-state index in [1.807, 2.05) is 0 Å². The minimum absolute atomic E-state index is 0.417. The predicted molar refractivity (Wildman–Crippen MR) is 80.0 cm³/mol. The maximum absolute atomic E-state index is 13.6. The van der Waals surface area contributed by atoms with Gasteiger partial charge in [-0.25, -0.2) is 0 Å². The first-order valence-corrected chi connectivity index (χ1v) is 7.64. The van der Waals surface area contributed by atoms with Gasteiger partial charge in [0.25, 0.3) is 0 Å². The molecule has 1 aliphatic heterocycles. The molecule has 1 atom stereocenters. The van der Waals surface area contributed by atoms with Gasteiger partial charge in [-0.1, -0.05) is 72.4 Å². The van der Waals surface area contributed by atoms with Crippen LogP contribution < -0.4 is 0 Å². The summed E-state index contributed by atoms with van der Waals surface area (Å²) in [6.45, 7) is -0.460. The molecule has 0 amide bonds. The van der Waals surface area contributed by atoms with E-state index in [4.69, 9.17) is 0 Å². The van der Waals surface area contributed by atoms with Crippen molar-refractivity contribution in [2.45, 2.75) is 16.6 Å². The third-order valence-electron chi connectivity index (χ3n) is 3.66. The fraction of sp³-hybridized carbons (Fsp3) is 0.250. The number of alkyl halides is 3. The van der Waals surface area contributed by atoms with Crippen LogP contribution in [0, 0.1) is 0 Å². The third-order valence-corrected chi connectivity index (χ3v) is 5.12. The minimum Gasteiger partial charge on any atom is -0.381 e. The Balaban J connectivity index is 2.24. The zero-order valence-electron chi connectivity index (χ0n) is 11.5. The Morgan fingerprint density at radius 3 is 1.82 bits per heavy atom. The molecule has 0 saturated carbocycles. The Bertz CT molecular complexity index is 593. The highest BCUT2D eigenvalue weighted by Gasteiger charge is 2.58. The average molecular weight is 325 g/mol. The highest BCUT2D eigenvalue weighted by molar-refractivity contribution is 8.01. The molecule has 0 radical (unpaired) electrons. The molecule has 3 rings (SSSR count). The molecule has 0 aromatic heterocycles. The lowest BCUT2D eigenvalue weighted by Gasteiger charge is -2.39. The molecule has 1 heterocycles. The van der Waals surface area contributed by atoms with Gasteiger partial charge in [0.15, 0.2) is 0 Å². The van der Waals surface area contributed by atoms with Crippen molar-refractivity contribution in [2.75, 3.05) is 6.54 Å². The van der Waals surface area contributed by atoms with E-state index in [0.717, 1.165) is 11.8 Å². The van der Waals surface area contributed by atoms with Gasteiger partial charge in [-0.05, 0) is 11.1 Å². The van der Waals surface area contributed by atoms with E-state index >= 15 is 0 Å². The van der Waals surface area contributed by atoms with Crippen LogP contribution in [0.4, 0.5) is 13.2 Å². The summed E-state index contributed by atoms with van der Waals surface area (Å²) in [6, 6.07) is 17.0. The minimum atomic E-state index is -4.55. The van der Waals surface area contributed by atoms with Gasteiger partial charge in [0, 0.05) is 6.54 Å². The Kier molecular flexibility index (Phi) is 3.92. The average Bonchev–Trinajstić information content (AvgIpc) is 2.88. The lowest BCUT2D eigenvalue weighted by Crippen LogP contribution is -2.49. The first-order valence-electron chi connectivity index (χ1n) is 6.76. The second kappa shape index (κ2) is 5.61. The summed E-state index contributed by atoms with van der Waals surface area (Å²) in [7, 11) is 0. The van der Waals surface area contributed by atoms with Gasteiger partial charge in [-0.3, -0.25) is 0 Å². The Morgan fingerprint density at radius 2 is 1.41 bits per heavy atom. The van der Waals surface area contributed by atoms with Crippen LogP contribution in [-0.2, 0) is 4.87 Å². The van der Waals surface area contributed by atoms with E-state index in [1.54, 1.807) is 60.7 Å². The Labute approximate surface area is 130 Å². The fourth-order valence-corrected chi connectivity index (χ4v) is 4.27. The maximum atomic E-state index is 13.6. The van der Waals surface area contributed by atoms with Crippen molar-refractivity contribution in [3.63, 3.8) is 0 Å². The maximum Gasteiger partial charge on any atom is 0.461 e. The van der Waals surface area contributed by atoms with Crippen LogP contribution in [0.3, 0.4) is 0 Å². The second-order valence-corrected chi connectivity index (χ2v) is 6.40. The number of halogens is 3. The van der Waals surface area contributed by atoms with Gasteiger partial charge in [0.2, 0.25) is 0 Å². The lowest BCUT2D eigenvalue weighted by atomic mass is 9.96. The van der Waals surface area contributed by atoms with Crippen molar-refractivity contribution in [2.24, 2.45) is 0 Å². The summed E-state index contributed by atoms with van der Waals surface area (Å²) in [5.74, 6) is 0. The van der Waals surface area contributed by atoms with Crippen LogP contribution in [0.2, 0.25) is 0 Å². The third kappa shape index (κ3) is 2.51. The van der Waals surface area contributed by atoms with Crippen molar-refractivity contribution >= 4 is 11.8 Å². The lowest BCUT2D eigenvalue weighted by molar-refractivity contribution is -0.259. The van der Waals surface area contributed by atoms with Crippen molar-refractivity contribution in [1.82, 2.24) is 4.90 Å². The zero-order valence-corrected chi connectivity index (χ0v) is 12.3. The summed E-state index contributed by atoms with van der Waals surface area (Å²) in [5.41, 5.74) is -0.109. The summed E-state index contributed by atoms with van der Waals surface area (Å²) < 4.78 is 40.8. The van der Waals surface area contributed by atoms with Crippen LogP contribution in [0.15, 0.2) is 60.7 Å². The monoisotopic (exact) mass is 325 g/mol.